The Labute approximate surface area is 448 Å². The molecule has 1 atom stereocenters. The van der Waals surface area contributed by atoms with E-state index in [4.69, 9.17) is 14.2 Å². The van der Waals surface area contributed by atoms with Crippen LogP contribution in [0.2, 0.25) is 0 Å². The fourth-order valence-electron chi connectivity index (χ4n) is 9.34. The normalized spacial score (nSPS) is 12.3. The van der Waals surface area contributed by atoms with Gasteiger partial charge in [0.05, 0.1) is 0 Å². The van der Waals surface area contributed by atoms with Crippen molar-refractivity contribution in [3.8, 4) is 0 Å². The van der Waals surface area contributed by atoms with Crippen LogP contribution >= 0.6 is 0 Å². The van der Waals surface area contributed by atoms with Crippen LogP contribution in [0.5, 0.6) is 0 Å². The van der Waals surface area contributed by atoms with E-state index in [1.807, 2.05) is 0 Å². The van der Waals surface area contributed by atoms with Crippen molar-refractivity contribution in [2.24, 2.45) is 0 Å². The summed E-state index contributed by atoms with van der Waals surface area (Å²) in [6.07, 6.45) is 75.4. The molecule has 0 N–H and O–H groups in total. The second-order valence-electron chi connectivity index (χ2n) is 21.3. The van der Waals surface area contributed by atoms with Gasteiger partial charge in [-0.05, 0) is 77.0 Å². The highest BCUT2D eigenvalue weighted by Crippen LogP contribution is 2.17. The lowest BCUT2D eigenvalue weighted by Gasteiger charge is -2.18. The number of carbonyl (C=O) groups excluding carboxylic acids is 3. The van der Waals surface area contributed by atoms with Gasteiger partial charge in [0.1, 0.15) is 13.2 Å². The molecule has 0 bridgehead atoms. The van der Waals surface area contributed by atoms with Crippen molar-refractivity contribution in [3.63, 3.8) is 0 Å². The van der Waals surface area contributed by atoms with Crippen LogP contribution < -0.4 is 0 Å². The molecule has 420 valence electrons. The van der Waals surface area contributed by atoms with E-state index in [-0.39, 0.29) is 31.1 Å². The lowest BCUT2D eigenvalue weighted by atomic mass is 10.0. The van der Waals surface area contributed by atoms with Gasteiger partial charge in [-0.2, -0.15) is 0 Å². The Morgan fingerprint density at radius 1 is 0.292 bits per heavy atom. The van der Waals surface area contributed by atoms with Crippen LogP contribution in [0.3, 0.4) is 0 Å². The van der Waals surface area contributed by atoms with Crippen LogP contribution in [-0.4, -0.2) is 37.2 Å². The molecule has 0 saturated heterocycles. The summed E-state index contributed by atoms with van der Waals surface area (Å²) >= 11 is 0. The molecule has 0 aliphatic rings. The molecule has 1 unspecified atom stereocenters. The fourth-order valence-corrected chi connectivity index (χ4v) is 9.34. The molecule has 0 aliphatic heterocycles. The molecule has 72 heavy (non-hydrogen) atoms. The smallest absolute Gasteiger partial charge is 0.306 e. The third kappa shape index (κ3) is 58.3. The Hall–Kier alpha value is -2.63. The Balaban J connectivity index is 4.36. The van der Waals surface area contributed by atoms with Gasteiger partial charge in [0.25, 0.3) is 0 Å². The Bertz CT molecular complexity index is 1250. The highest BCUT2D eigenvalue weighted by molar-refractivity contribution is 5.71. The second-order valence-corrected chi connectivity index (χ2v) is 21.3. The summed E-state index contributed by atoms with van der Waals surface area (Å²) in [6.45, 7) is 6.58. The first-order valence-corrected chi connectivity index (χ1v) is 31.6. The third-order valence-corrected chi connectivity index (χ3v) is 14.1. The van der Waals surface area contributed by atoms with Gasteiger partial charge >= 0.3 is 17.9 Å². The first kappa shape index (κ1) is 69.4. The number of allylic oxidation sites excluding steroid dienone is 8. The highest BCUT2D eigenvalue weighted by Gasteiger charge is 2.19. The van der Waals surface area contributed by atoms with Crippen LogP contribution in [-0.2, 0) is 28.6 Å². The molecule has 0 aromatic heterocycles. The number of unbranched alkanes of at least 4 members (excludes halogenated alkanes) is 39. The van der Waals surface area contributed by atoms with Gasteiger partial charge in [0.15, 0.2) is 6.10 Å². The lowest BCUT2D eigenvalue weighted by molar-refractivity contribution is -0.167. The number of hydrogen-bond donors (Lipinski definition) is 0. The standard InChI is InChI=1S/C66H120O6/c1-4-7-10-13-16-19-22-25-28-31-33-36-38-41-44-47-50-53-56-59-65(68)71-62-63(61-70-64(67)58-55-52-49-46-43-40-37-34-30-27-24-21-18-15-12-9-6-3)72-66(69)60-57-54-51-48-45-42-39-35-32-29-26-23-20-17-14-11-8-5-2/h7,10,16,19,25,28,35,39,63H,4-6,8-9,11-15,17-18,20-24,26-27,29-34,36-38,40-62H2,1-3H3/b10-7-,19-16-,28-25-,39-35-. The minimum atomic E-state index is -0.778. The van der Waals surface area contributed by atoms with E-state index in [2.05, 4.69) is 69.4 Å². The molecule has 0 rings (SSSR count). The summed E-state index contributed by atoms with van der Waals surface area (Å²) in [7, 11) is 0. The van der Waals surface area contributed by atoms with Crippen molar-refractivity contribution in [1.29, 1.82) is 0 Å². The first-order chi connectivity index (χ1) is 35.5. The van der Waals surface area contributed by atoms with Crippen molar-refractivity contribution in [2.75, 3.05) is 13.2 Å². The van der Waals surface area contributed by atoms with Gasteiger partial charge in [-0.25, -0.2) is 0 Å². The predicted molar refractivity (Wildman–Crippen MR) is 312 cm³/mol. The zero-order valence-electron chi connectivity index (χ0n) is 48.2. The van der Waals surface area contributed by atoms with Gasteiger partial charge < -0.3 is 14.2 Å². The van der Waals surface area contributed by atoms with E-state index < -0.39 is 6.10 Å². The zero-order valence-corrected chi connectivity index (χ0v) is 48.2. The minimum absolute atomic E-state index is 0.0742. The van der Waals surface area contributed by atoms with Crippen LogP contribution in [0.1, 0.15) is 335 Å². The fraction of sp³-hybridized carbons (Fsp3) is 0.833. The number of ether oxygens (including phenoxy) is 3. The van der Waals surface area contributed by atoms with Crippen LogP contribution in [0.15, 0.2) is 48.6 Å². The molecule has 0 aliphatic carbocycles. The van der Waals surface area contributed by atoms with Gasteiger partial charge in [-0.15, -0.1) is 0 Å². The van der Waals surface area contributed by atoms with E-state index >= 15 is 0 Å². The Morgan fingerprint density at radius 2 is 0.542 bits per heavy atom. The number of hydrogen-bond acceptors (Lipinski definition) is 6. The maximum Gasteiger partial charge on any atom is 0.306 e. The maximum absolute atomic E-state index is 12.9. The van der Waals surface area contributed by atoms with E-state index in [1.165, 1.54) is 212 Å². The van der Waals surface area contributed by atoms with E-state index in [1.54, 1.807) is 0 Å². The van der Waals surface area contributed by atoms with Gasteiger partial charge in [-0.3, -0.25) is 14.4 Å². The summed E-state index contributed by atoms with van der Waals surface area (Å²) < 4.78 is 16.9. The summed E-state index contributed by atoms with van der Waals surface area (Å²) in [6, 6.07) is 0. The molecule has 6 heteroatoms. The van der Waals surface area contributed by atoms with Gasteiger partial charge in [0.2, 0.25) is 0 Å². The number of carbonyl (C=O) groups is 3. The molecule has 0 amide bonds. The van der Waals surface area contributed by atoms with Crippen molar-refractivity contribution in [1.82, 2.24) is 0 Å². The molecule has 0 heterocycles. The summed E-state index contributed by atoms with van der Waals surface area (Å²) in [5.41, 5.74) is 0. The van der Waals surface area contributed by atoms with Crippen molar-refractivity contribution in [2.45, 2.75) is 341 Å². The summed E-state index contributed by atoms with van der Waals surface area (Å²) in [4.78, 5) is 38.3. The number of esters is 3. The van der Waals surface area contributed by atoms with Crippen LogP contribution in [0.25, 0.3) is 0 Å². The van der Waals surface area contributed by atoms with Crippen LogP contribution in [0, 0.1) is 0 Å². The van der Waals surface area contributed by atoms with Crippen molar-refractivity contribution in [3.05, 3.63) is 48.6 Å². The highest BCUT2D eigenvalue weighted by atomic mass is 16.6. The van der Waals surface area contributed by atoms with Crippen molar-refractivity contribution >= 4 is 17.9 Å². The van der Waals surface area contributed by atoms with E-state index in [9.17, 15) is 14.4 Å². The maximum atomic E-state index is 12.9. The van der Waals surface area contributed by atoms with Crippen molar-refractivity contribution < 1.29 is 28.6 Å². The molecular formula is C66H120O6. The molecule has 0 aromatic carbocycles. The van der Waals surface area contributed by atoms with Gasteiger partial charge in [-0.1, -0.05) is 288 Å². The molecule has 6 nitrogen and oxygen atoms in total. The quantitative estimate of drug-likeness (QED) is 0.0261. The average Bonchev–Trinajstić information content (AvgIpc) is 3.38. The van der Waals surface area contributed by atoms with E-state index in [0.717, 1.165) is 83.5 Å². The molecule has 0 fully saturated rings. The van der Waals surface area contributed by atoms with Gasteiger partial charge in [0, 0.05) is 19.3 Å². The minimum Gasteiger partial charge on any atom is -0.462 e. The zero-order chi connectivity index (χ0) is 52.2. The van der Waals surface area contributed by atoms with E-state index in [0.29, 0.717) is 19.3 Å². The summed E-state index contributed by atoms with van der Waals surface area (Å²) in [5, 5.41) is 0. The molecular weight excluding hydrogens is 889 g/mol. The monoisotopic (exact) mass is 1010 g/mol. The lowest BCUT2D eigenvalue weighted by Crippen LogP contribution is -2.30. The molecule has 0 saturated carbocycles. The average molecular weight is 1010 g/mol. The molecule has 0 aromatic rings. The number of rotatable bonds is 58. The largest absolute Gasteiger partial charge is 0.462 e. The predicted octanol–water partition coefficient (Wildman–Crippen LogP) is 21.4. The topological polar surface area (TPSA) is 78.9 Å². The third-order valence-electron chi connectivity index (χ3n) is 14.1. The first-order valence-electron chi connectivity index (χ1n) is 31.6. The summed E-state index contributed by atoms with van der Waals surface area (Å²) in [5.74, 6) is -0.867. The van der Waals surface area contributed by atoms with Crippen LogP contribution in [0.4, 0.5) is 0 Å². The SMILES string of the molecule is CC/C=C\C/C=C\C/C=C\CCCCCCCCCCCC(=O)OCC(COC(=O)CCCCCCCCCCCCCCCCCCC)OC(=O)CCCCCCC/C=C\CCCCCCCCCCC. The molecule has 0 radical (unpaired) electrons. The molecule has 0 spiro atoms. The Kier molecular flexibility index (Phi) is 58.7. The second kappa shape index (κ2) is 60.9. The Morgan fingerprint density at radius 3 is 0.861 bits per heavy atom.